The number of rotatable bonds is 3. The van der Waals surface area contributed by atoms with E-state index in [1.807, 2.05) is 38.1 Å². The molecule has 0 fully saturated rings. The first kappa shape index (κ1) is 13.1. The van der Waals surface area contributed by atoms with Gasteiger partial charge in [0.15, 0.2) is 0 Å². The zero-order valence-electron chi connectivity index (χ0n) is 11.3. The molecule has 4 nitrogen and oxygen atoms in total. The van der Waals surface area contributed by atoms with Crippen LogP contribution < -0.4 is 4.74 Å². The monoisotopic (exact) mass is 289 g/mol. The second kappa shape index (κ2) is 5.25. The number of nitrogens with zero attached hydrogens (tertiary/aromatic N) is 1. The van der Waals surface area contributed by atoms with Crippen LogP contribution in [-0.2, 0) is 16.1 Å². The average molecular weight is 289 g/mol. The fraction of sp³-hybridized carbons (Fsp3) is 0.333. The molecule has 20 heavy (non-hydrogen) atoms. The van der Waals surface area contributed by atoms with Crippen molar-refractivity contribution < 1.29 is 14.3 Å². The van der Waals surface area contributed by atoms with Gasteiger partial charge in [-0.2, -0.15) is 0 Å². The fourth-order valence-electron chi connectivity index (χ4n) is 2.31. The summed E-state index contributed by atoms with van der Waals surface area (Å²) in [4.78, 5) is 17.2. The molecule has 1 aliphatic heterocycles. The number of ether oxygens (including phenoxy) is 2. The minimum Gasteiger partial charge on any atom is -0.478 e. The number of benzene rings is 1. The molecular weight excluding hydrogens is 274 g/mol. The predicted molar refractivity (Wildman–Crippen MR) is 75.9 cm³/mol. The highest BCUT2D eigenvalue weighted by molar-refractivity contribution is 7.11. The van der Waals surface area contributed by atoms with Crippen molar-refractivity contribution in [3.8, 4) is 5.75 Å². The van der Waals surface area contributed by atoms with E-state index in [0.717, 1.165) is 21.2 Å². The van der Waals surface area contributed by atoms with Gasteiger partial charge in [0, 0.05) is 17.7 Å². The van der Waals surface area contributed by atoms with Gasteiger partial charge in [0.1, 0.15) is 12.4 Å². The molecule has 0 spiro atoms. The molecule has 2 heterocycles. The number of carbonyl (C=O) groups is 1. The Morgan fingerprint density at radius 3 is 2.95 bits per heavy atom. The maximum absolute atomic E-state index is 12.1. The Morgan fingerprint density at radius 1 is 1.45 bits per heavy atom. The third-order valence-electron chi connectivity index (χ3n) is 3.38. The van der Waals surface area contributed by atoms with Gasteiger partial charge in [0.2, 0.25) is 6.10 Å². The molecule has 2 atom stereocenters. The number of hydrogen-bond acceptors (Lipinski definition) is 5. The van der Waals surface area contributed by atoms with Crippen LogP contribution in [0.3, 0.4) is 0 Å². The molecule has 5 heteroatoms. The van der Waals surface area contributed by atoms with Crippen LogP contribution in [0.15, 0.2) is 30.5 Å². The van der Waals surface area contributed by atoms with Gasteiger partial charge in [0.25, 0.3) is 0 Å². The smallest absolute Gasteiger partial charge is 0.348 e. The summed E-state index contributed by atoms with van der Waals surface area (Å²) in [6.07, 6.45) is 1.18. The summed E-state index contributed by atoms with van der Waals surface area (Å²) in [5.74, 6) is 0.470. The minimum absolute atomic E-state index is 0.0156. The highest BCUT2D eigenvalue weighted by atomic mass is 32.1. The van der Waals surface area contributed by atoms with Crippen LogP contribution in [0.2, 0.25) is 0 Å². The molecule has 0 unspecified atom stereocenters. The molecule has 0 bridgehead atoms. The van der Waals surface area contributed by atoms with Crippen molar-refractivity contribution in [2.75, 3.05) is 0 Å². The van der Waals surface area contributed by atoms with E-state index in [0.29, 0.717) is 0 Å². The van der Waals surface area contributed by atoms with Gasteiger partial charge in [0.05, 0.1) is 9.88 Å². The van der Waals surface area contributed by atoms with E-state index in [1.165, 1.54) is 11.3 Å². The summed E-state index contributed by atoms with van der Waals surface area (Å²) in [6, 6.07) is 7.72. The van der Waals surface area contributed by atoms with Crippen LogP contribution in [0.4, 0.5) is 0 Å². The van der Waals surface area contributed by atoms with Crippen molar-refractivity contribution in [1.82, 2.24) is 4.98 Å². The largest absolute Gasteiger partial charge is 0.478 e. The molecule has 2 aromatic rings. The average Bonchev–Trinajstić information content (AvgIpc) is 3.01. The first-order valence-corrected chi connectivity index (χ1v) is 7.30. The van der Waals surface area contributed by atoms with Crippen molar-refractivity contribution in [1.29, 1.82) is 0 Å². The van der Waals surface area contributed by atoms with Crippen molar-refractivity contribution in [2.45, 2.75) is 32.5 Å². The lowest BCUT2D eigenvalue weighted by Crippen LogP contribution is -2.29. The highest BCUT2D eigenvalue weighted by Crippen LogP contribution is 2.38. The minimum atomic E-state index is -0.554. The van der Waals surface area contributed by atoms with E-state index < -0.39 is 6.10 Å². The normalized spacial score (nSPS) is 20.3. The van der Waals surface area contributed by atoms with Crippen LogP contribution in [0, 0.1) is 6.92 Å². The number of esters is 1. The van der Waals surface area contributed by atoms with Gasteiger partial charge in [-0.1, -0.05) is 25.1 Å². The molecule has 0 saturated carbocycles. The van der Waals surface area contributed by atoms with E-state index in [2.05, 4.69) is 4.98 Å². The first-order valence-electron chi connectivity index (χ1n) is 6.48. The molecule has 0 aliphatic carbocycles. The predicted octanol–water partition coefficient (Wildman–Crippen LogP) is 3.06. The number of hydrogen-bond donors (Lipinski definition) is 0. The maximum atomic E-state index is 12.1. The standard InChI is InChI=1S/C15H15NO3S/c1-9-12-5-3-4-6-13(12)19-14(9)15(17)18-8-11-7-16-10(2)20-11/h3-7,9,14H,8H2,1-2H3/t9-,14+/m0/s1. The van der Waals surface area contributed by atoms with Crippen LogP contribution in [0.25, 0.3) is 0 Å². The van der Waals surface area contributed by atoms with Gasteiger partial charge in [-0.15, -0.1) is 11.3 Å². The van der Waals surface area contributed by atoms with E-state index in [-0.39, 0.29) is 18.5 Å². The molecular formula is C15H15NO3S. The molecule has 104 valence electrons. The molecule has 0 saturated heterocycles. The second-order valence-corrected chi connectivity index (χ2v) is 6.14. The Morgan fingerprint density at radius 2 is 2.25 bits per heavy atom. The van der Waals surface area contributed by atoms with Crippen LogP contribution >= 0.6 is 11.3 Å². The van der Waals surface area contributed by atoms with E-state index >= 15 is 0 Å². The SMILES string of the molecule is Cc1ncc(COC(=O)[C@@H]2Oc3ccccc3[C@@H]2C)s1. The van der Waals surface area contributed by atoms with Gasteiger partial charge in [-0.25, -0.2) is 9.78 Å². The lowest BCUT2D eigenvalue weighted by molar-refractivity contribution is -0.153. The Balaban J connectivity index is 1.64. The highest BCUT2D eigenvalue weighted by Gasteiger charge is 2.37. The number of aryl methyl sites for hydroxylation is 1. The molecule has 1 aliphatic rings. The summed E-state index contributed by atoms with van der Waals surface area (Å²) in [7, 11) is 0. The summed E-state index contributed by atoms with van der Waals surface area (Å²) in [5.41, 5.74) is 1.06. The number of carbonyl (C=O) groups excluding carboxylic acids is 1. The Labute approximate surface area is 121 Å². The van der Waals surface area contributed by atoms with E-state index in [9.17, 15) is 4.79 Å². The molecule has 0 radical (unpaired) electrons. The van der Waals surface area contributed by atoms with Crippen LogP contribution in [0.1, 0.15) is 28.3 Å². The third kappa shape index (κ3) is 2.41. The van der Waals surface area contributed by atoms with Gasteiger partial charge in [-0.05, 0) is 13.0 Å². The zero-order chi connectivity index (χ0) is 14.1. The van der Waals surface area contributed by atoms with Gasteiger partial charge >= 0.3 is 5.97 Å². The van der Waals surface area contributed by atoms with E-state index in [1.54, 1.807) is 6.20 Å². The zero-order valence-corrected chi connectivity index (χ0v) is 12.1. The number of thiazole rings is 1. The summed E-state index contributed by atoms with van der Waals surface area (Å²) < 4.78 is 11.0. The van der Waals surface area contributed by atoms with Gasteiger partial charge < -0.3 is 9.47 Å². The molecule has 3 rings (SSSR count). The molecule has 1 aromatic carbocycles. The van der Waals surface area contributed by atoms with Crippen molar-refractivity contribution >= 4 is 17.3 Å². The summed E-state index contributed by atoms with van der Waals surface area (Å²) >= 11 is 1.53. The van der Waals surface area contributed by atoms with E-state index in [4.69, 9.17) is 9.47 Å². The molecule has 1 aromatic heterocycles. The number of para-hydroxylation sites is 1. The Hall–Kier alpha value is -1.88. The molecule has 0 N–H and O–H groups in total. The number of fused-ring (bicyclic) bond motifs is 1. The lowest BCUT2D eigenvalue weighted by Gasteiger charge is -2.13. The maximum Gasteiger partial charge on any atom is 0.348 e. The lowest BCUT2D eigenvalue weighted by atomic mass is 9.98. The Kier molecular flexibility index (Phi) is 3.44. The quantitative estimate of drug-likeness (QED) is 0.815. The van der Waals surface area contributed by atoms with Crippen molar-refractivity contribution in [3.63, 3.8) is 0 Å². The molecule has 0 amide bonds. The summed E-state index contributed by atoms with van der Waals surface area (Å²) in [5, 5.41) is 0.967. The third-order valence-corrected chi connectivity index (χ3v) is 4.26. The van der Waals surface area contributed by atoms with Crippen LogP contribution in [0.5, 0.6) is 5.75 Å². The van der Waals surface area contributed by atoms with Crippen LogP contribution in [-0.4, -0.2) is 17.1 Å². The fourth-order valence-corrected chi connectivity index (χ4v) is 3.02. The first-order chi connectivity index (χ1) is 9.65. The summed E-state index contributed by atoms with van der Waals surface area (Å²) in [6.45, 7) is 4.16. The topological polar surface area (TPSA) is 48.4 Å². The Bertz CT molecular complexity index is 638. The second-order valence-electron chi connectivity index (χ2n) is 4.82. The van der Waals surface area contributed by atoms with Crippen molar-refractivity contribution in [2.24, 2.45) is 0 Å². The van der Waals surface area contributed by atoms with Gasteiger partial charge in [-0.3, -0.25) is 0 Å². The number of aromatic nitrogens is 1. The van der Waals surface area contributed by atoms with Crippen molar-refractivity contribution in [3.05, 3.63) is 45.9 Å².